The fourth-order valence-corrected chi connectivity index (χ4v) is 3.00. The van der Waals surface area contributed by atoms with Gasteiger partial charge in [0.2, 0.25) is 11.7 Å². The second-order valence-electron chi connectivity index (χ2n) is 6.21. The Morgan fingerprint density at radius 2 is 2.08 bits per heavy atom. The zero-order valence-corrected chi connectivity index (χ0v) is 13.8. The van der Waals surface area contributed by atoms with E-state index < -0.39 is 0 Å². The molecule has 4 rings (SSSR count). The smallest absolute Gasteiger partial charge is 0.251 e. The van der Waals surface area contributed by atoms with Crippen molar-refractivity contribution in [2.75, 3.05) is 18.0 Å². The first-order valence-electron chi connectivity index (χ1n) is 8.25. The van der Waals surface area contributed by atoms with E-state index in [1.54, 1.807) is 0 Å². The summed E-state index contributed by atoms with van der Waals surface area (Å²) in [5.74, 6) is 2.17. The molecule has 0 spiro atoms. The van der Waals surface area contributed by atoms with Crippen molar-refractivity contribution < 1.29 is 4.52 Å². The number of H-pyrrole nitrogens is 1. The molecule has 1 fully saturated rings. The van der Waals surface area contributed by atoms with Crippen molar-refractivity contribution in [3.63, 3.8) is 0 Å². The van der Waals surface area contributed by atoms with Crippen molar-refractivity contribution in [3.05, 3.63) is 52.5 Å². The van der Waals surface area contributed by atoms with Gasteiger partial charge in [0.05, 0.1) is 6.33 Å². The summed E-state index contributed by atoms with van der Waals surface area (Å²) in [6.45, 7) is 3.81. The van der Waals surface area contributed by atoms with Crippen molar-refractivity contribution in [1.29, 1.82) is 0 Å². The molecular formula is C17H18N6O2. The first-order chi connectivity index (χ1) is 12.2. The van der Waals surface area contributed by atoms with Crippen LogP contribution in [0.25, 0.3) is 11.5 Å². The van der Waals surface area contributed by atoms with Crippen LogP contribution in [-0.4, -0.2) is 38.2 Å². The lowest BCUT2D eigenvalue weighted by atomic mass is 9.97. The van der Waals surface area contributed by atoms with Crippen molar-refractivity contribution >= 4 is 5.82 Å². The number of aromatic nitrogens is 5. The van der Waals surface area contributed by atoms with Crippen LogP contribution in [0.3, 0.4) is 0 Å². The highest BCUT2D eigenvalue weighted by Crippen LogP contribution is 2.29. The van der Waals surface area contributed by atoms with E-state index in [1.807, 2.05) is 13.1 Å². The summed E-state index contributed by atoms with van der Waals surface area (Å²) in [6, 6.07) is 5.49. The standard InChI is InChI=1S/C17H18N6O2/c1-11-2-3-14(18-9-11)23-6-4-12(5-7-23)17-21-16(22-25-17)13-8-15(24)20-10-19-13/h2-3,8-10,12H,4-7H2,1H3,(H,19,20,24). The number of pyridine rings is 1. The van der Waals surface area contributed by atoms with Gasteiger partial charge in [-0.1, -0.05) is 11.2 Å². The van der Waals surface area contributed by atoms with Crippen molar-refractivity contribution in [2.45, 2.75) is 25.7 Å². The van der Waals surface area contributed by atoms with Crippen molar-refractivity contribution in [1.82, 2.24) is 25.1 Å². The molecule has 1 N–H and O–H groups in total. The molecule has 1 aliphatic rings. The van der Waals surface area contributed by atoms with Gasteiger partial charge >= 0.3 is 0 Å². The highest BCUT2D eigenvalue weighted by atomic mass is 16.5. The van der Waals surface area contributed by atoms with Crippen LogP contribution < -0.4 is 10.5 Å². The van der Waals surface area contributed by atoms with Gasteiger partial charge in [-0.15, -0.1) is 0 Å². The lowest BCUT2D eigenvalue weighted by molar-refractivity contribution is 0.329. The molecule has 4 heterocycles. The number of nitrogens with zero attached hydrogens (tertiary/aromatic N) is 5. The molecule has 0 atom stereocenters. The van der Waals surface area contributed by atoms with Crippen LogP contribution >= 0.6 is 0 Å². The van der Waals surface area contributed by atoms with Crippen molar-refractivity contribution in [3.8, 4) is 11.5 Å². The Bertz CT molecular complexity index is 909. The van der Waals surface area contributed by atoms with Gasteiger partial charge in [0, 0.05) is 31.3 Å². The number of hydrogen-bond acceptors (Lipinski definition) is 7. The van der Waals surface area contributed by atoms with Crippen LogP contribution in [0.2, 0.25) is 0 Å². The molecule has 3 aromatic heterocycles. The monoisotopic (exact) mass is 338 g/mol. The largest absolute Gasteiger partial charge is 0.357 e. The predicted molar refractivity (Wildman–Crippen MR) is 91.3 cm³/mol. The molecule has 128 valence electrons. The highest BCUT2D eigenvalue weighted by Gasteiger charge is 2.26. The van der Waals surface area contributed by atoms with Gasteiger partial charge < -0.3 is 14.4 Å². The number of anilines is 1. The Hall–Kier alpha value is -3.03. The van der Waals surface area contributed by atoms with E-state index in [-0.39, 0.29) is 11.5 Å². The van der Waals surface area contributed by atoms with Gasteiger partial charge in [0.15, 0.2) is 0 Å². The number of nitrogens with one attached hydrogen (secondary N) is 1. The molecule has 3 aromatic rings. The van der Waals surface area contributed by atoms with Gasteiger partial charge in [-0.25, -0.2) is 9.97 Å². The molecule has 0 radical (unpaired) electrons. The summed E-state index contributed by atoms with van der Waals surface area (Å²) in [7, 11) is 0. The van der Waals surface area contributed by atoms with Crippen LogP contribution in [0.1, 0.15) is 30.2 Å². The maximum absolute atomic E-state index is 11.4. The fourth-order valence-electron chi connectivity index (χ4n) is 3.00. The molecule has 0 aliphatic carbocycles. The Morgan fingerprint density at radius 1 is 1.24 bits per heavy atom. The van der Waals surface area contributed by atoms with E-state index in [4.69, 9.17) is 4.52 Å². The van der Waals surface area contributed by atoms with E-state index in [1.165, 1.54) is 12.4 Å². The number of rotatable bonds is 3. The molecule has 8 heteroatoms. The molecule has 0 aromatic carbocycles. The second kappa shape index (κ2) is 6.46. The van der Waals surface area contributed by atoms with Gasteiger partial charge in [0.1, 0.15) is 11.5 Å². The third-order valence-electron chi connectivity index (χ3n) is 4.41. The Morgan fingerprint density at radius 3 is 2.80 bits per heavy atom. The van der Waals surface area contributed by atoms with Gasteiger partial charge in [-0.2, -0.15) is 4.98 Å². The number of piperidine rings is 1. The maximum Gasteiger partial charge on any atom is 0.251 e. The lowest BCUT2D eigenvalue weighted by Crippen LogP contribution is -2.33. The van der Waals surface area contributed by atoms with E-state index in [0.29, 0.717) is 17.4 Å². The van der Waals surface area contributed by atoms with Gasteiger partial charge in [-0.05, 0) is 31.4 Å². The van der Waals surface area contributed by atoms with E-state index >= 15 is 0 Å². The van der Waals surface area contributed by atoms with Crippen LogP contribution in [0.15, 0.2) is 40.0 Å². The molecule has 8 nitrogen and oxygen atoms in total. The first kappa shape index (κ1) is 15.5. The third kappa shape index (κ3) is 3.28. The highest BCUT2D eigenvalue weighted by molar-refractivity contribution is 5.46. The summed E-state index contributed by atoms with van der Waals surface area (Å²) in [5.41, 5.74) is 1.33. The fraction of sp³-hybridized carbons (Fsp3) is 0.353. The van der Waals surface area contributed by atoms with Crippen LogP contribution in [-0.2, 0) is 0 Å². The van der Waals surface area contributed by atoms with E-state index in [9.17, 15) is 4.79 Å². The zero-order valence-electron chi connectivity index (χ0n) is 13.8. The summed E-state index contributed by atoms with van der Waals surface area (Å²) in [5, 5.41) is 3.96. The molecule has 1 aliphatic heterocycles. The minimum absolute atomic E-state index is 0.213. The minimum atomic E-state index is -0.241. The molecule has 1 saturated heterocycles. The summed E-state index contributed by atoms with van der Waals surface area (Å²) < 4.78 is 5.41. The van der Waals surface area contributed by atoms with E-state index in [0.717, 1.165) is 37.3 Å². The second-order valence-corrected chi connectivity index (χ2v) is 6.21. The molecule has 0 unspecified atom stereocenters. The summed E-state index contributed by atoms with van der Waals surface area (Å²) in [6.07, 6.45) is 5.06. The van der Waals surface area contributed by atoms with Gasteiger partial charge in [0.25, 0.3) is 5.56 Å². The zero-order chi connectivity index (χ0) is 17.2. The predicted octanol–water partition coefficient (Wildman–Crippen LogP) is 1.91. The molecule has 0 amide bonds. The SMILES string of the molecule is Cc1ccc(N2CCC(c3nc(-c4cc(=O)[nH]cn4)no3)CC2)nc1. The summed E-state index contributed by atoms with van der Waals surface area (Å²) in [4.78, 5) is 29.1. The van der Waals surface area contributed by atoms with Crippen LogP contribution in [0, 0.1) is 6.92 Å². The third-order valence-corrected chi connectivity index (χ3v) is 4.41. The topological polar surface area (TPSA) is 101 Å². The van der Waals surface area contributed by atoms with Crippen LogP contribution in [0.5, 0.6) is 0 Å². The maximum atomic E-state index is 11.4. The van der Waals surface area contributed by atoms with E-state index in [2.05, 4.69) is 42.1 Å². The molecule has 0 saturated carbocycles. The number of aromatic amines is 1. The average Bonchev–Trinajstić information content (AvgIpc) is 3.13. The van der Waals surface area contributed by atoms with Gasteiger partial charge in [-0.3, -0.25) is 4.79 Å². The Kier molecular flexibility index (Phi) is 4.01. The summed E-state index contributed by atoms with van der Waals surface area (Å²) >= 11 is 0. The Labute approximate surface area is 143 Å². The first-order valence-corrected chi connectivity index (χ1v) is 8.25. The molecule has 0 bridgehead atoms. The Balaban J connectivity index is 1.44. The molecule has 25 heavy (non-hydrogen) atoms. The number of hydrogen-bond donors (Lipinski definition) is 1. The number of aryl methyl sites for hydroxylation is 1. The van der Waals surface area contributed by atoms with Crippen molar-refractivity contribution in [2.24, 2.45) is 0 Å². The normalized spacial score (nSPS) is 15.5. The molecular weight excluding hydrogens is 320 g/mol. The lowest BCUT2D eigenvalue weighted by Gasteiger charge is -2.31. The van der Waals surface area contributed by atoms with Crippen LogP contribution in [0.4, 0.5) is 5.82 Å². The minimum Gasteiger partial charge on any atom is -0.357 e. The average molecular weight is 338 g/mol. The quantitative estimate of drug-likeness (QED) is 0.778.